The number of aromatic nitrogens is 2. The Balaban J connectivity index is 1.81. The third kappa shape index (κ3) is 3.94. The van der Waals surface area contributed by atoms with Crippen LogP contribution < -0.4 is 5.56 Å². The van der Waals surface area contributed by atoms with Crippen LogP contribution in [0.1, 0.15) is 22.9 Å². The summed E-state index contributed by atoms with van der Waals surface area (Å²) in [4.78, 5) is 33.7. The Kier molecular flexibility index (Phi) is 5.72. The standard InChI is InChI=1S/C20H23N3O2S2/c1-12-13(2)26-17-16(12)19(25)23(5)20(21-17)27-14(3)18(24)22(4)11-15-9-7-6-8-10-15/h6-10,14H,11H2,1-5H3. The predicted octanol–water partition coefficient (Wildman–Crippen LogP) is 3.75. The van der Waals surface area contributed by atoms with E-state index >= 15 is 0 Å². The highest BCUT2D eigenvalue weighted by atomic mass is 32.2. The van der Waals surface area contributed by atoms with Crippen molar-refractivity contribution >= 4 is 39.2 Å². The number of carbonyl (C=O) groups excluding carboxylic acids is 1. The van der Waals surface area contributed by atoms with Gasteiger partial charge in [0.15, 0.2) is 5.16 Å². The third-order valence-corrected chi connectivity index (χ3v) is 6.87. The molecule has 27 heavy (non-hydrogen) atoms. The fraction of sp³-hybridized carbons (Fsp3) is 0.350. The van der Waals surface area contributed by atoms with Crippen molar-refractivity contribution in [2.45, 2.75) is 37.7 Å². The summed E-state index contributed by atoms with van der Waals surface area (Å²) in [5.74, 6) is 0.0109. The fourth-order valence-electron chi connectivity index (χ4n) is 2.92. The number of thioether (sulfide) groups is 1. The zero-order valence-electron chi connectivity index (χ0n) is 16.1. The van der Waals surface area contributed by atoms with Crippen molar-refractivity contribution in [3.05, 3.63) is 56.7 Å². The minimum absolute atomic E-state index is 0.0109. The first-order chi connectivity index (χ1) is 12.8. The molecule has 7 heteroatoms. The Labute approximate surface area is 167 Å². The normalized spacial score (nSPS) is 12.3. The quantitative estimate of drug-likeness (QED) is 0.483. The summed E-state index contributed by atoms with van der Waals surface area (Å²) in [6.07, 6.45) is 0. The minimum atomic E-state index is -0.337. The van der Waals surface area contributed by atoms with Crippen molar-refractivity contribution < 1.29 is 4.79 Å². The second-order valence-corrected chi connectivity index (χ2v) is 9.17. The third-order valence-electron chi connectivity index (χ3n) is 4.64. The van der Waals surface area contributed by atoms with Gasteiger partial charge in [0.05, 0.1) is 10.6 Å². The van der Waals surface area contributed by atoms with Crippen LogP contribution in [0.25, 0.3) is 10.2 Å². The minimum Gasteiger partial charge on any atom is -0.340 e. The van der Waals surface area contributed by atoms with E-state index in [2.05, 4.69) is 4.98 Å². The number of fused-ring (bicyclic) bond motifs is 1. The van der Waals surface area contributed by atoms with Gasteiger partial charge in [-0.15, -0.1) is 11.3 Å². The lowest BCUT2D eigenvalue weighted by molar-refractivity contribution is -0.129. The summed E-state index contributed by atoms with van der Waals surface area (Å²) in [5, 5.41) is 0.920. The second-order valence-electron chi connectivity index (χ2n) is 6.66. The largest absolute Gasteiger partial charge is 0.340 e. The second kappa shape index (κ2) is 7.86. The summed E-state index contributed by atoms with van der Waals surface area (Å²) in [7, 11) is 3.52. The molecule has 3 aromatic rings. The predicted molar refractivity (Wildman–Crippen MR) is 113 cm³/mol. The topological polar surface area (TPSA) is 55.2 Å². The average molecular weight is 402 g/mol. The van der Waals surface area contributed by atoms with Gasteiger partial charge in [-0.25, -0.2) is 4.98 Å². The number of amides is 1. The maximum atomic E-state index is 12.8. The average Bonchev–Trinajstić information content (AvgIpc) is 2.93. The van der Waals surface area contributed by atoms with Gasteiger partial charge < -0.3 is 4.90 Å². The highest BCUT2D eigenvalue weighted by molar-refractivity contribution is 8.00. The molecule has 0 saturated carbocycles. The number of benzene rings is 1. The maximum Gasteiger partial charge on any atom is 0.262 e. The molecule has 1 aromatic carbocycles. The maximum absolute atomic E-state index is 12.8. The van der Waals surface area contributed by atoms with Gasteiger partial charge in [0.25, 0.3) is 5.56 Å². The van der Waals surface area contributed by atoms with Gasteiger partial charge in [0.2, 0.25) is 5.91 Å². The zero-order valence-corrected chi connectivity index (χ0v) is 17.8. The molecule has 1 unspecified atom stereocenters. The number of aryl methyl sites for hydroxylation is 2. The van der Waals surface area contributed by atoms with Gasteiger partial charge in [-0.1, -0.05) is 42.1 Å². The van der Waals surface area contributed by atoms with Crippen LogP contribution in [0.3, 0.4) is 0 Å². The summed E-state index contributed by atoms with van der Waals surface area (Å²) < 4.78 is 1.55. The number of hydrogen-bond donors (Lipinski definition) is 0. The molecule has 0 fully saturated rings. The molecule has 0 bridgehead atoms. The van der Waals surface area contributed by atoms with Crippen molar-refractivity contribution in [1.29, 1.82) is 0 Å². The number of nitrogens with zero attached hydrogens (tertiary/aromatic N) is 3. The SMILES string of the molecule is Cc1sc2nc(SC(C)C(=O)N(C)Cc3ccccc3)n(C)c(=O)c2c1C. The Morgan fingerprint density at radius 1 is 1.30 bits per heavy atom. The molecule has 142 valence electrons. The van der Waals surface area contributed by atoms with Crippen molar-refractivity contribution in [2.24, 2.45) is 7.05 Å². The van der Waals surface area contributed by atoms with Gasteiger partial charge in [0, 0.05) is 25.5 Å². The molecule has 2 aromatic heterocycles. The van der Waals surface area contributed by atoms with Crippen LogP contribution in [0.5, 0.6) is 0 Å². The number of hydrogen-bond acceptors (Lipinski definition) is 5. The van der Waals surface area contributed by atoms with E-state index in [-0.39, 0.29) is 16.7 Å². The molecule has 2 heterocycles. The van der Waals surface area contributed by atoms with Gasteiger partial charge in [-0.05, 0) is 31.9 Å². The summed E-state index contributed by atoms with van der Waals surface area (Å²) >= 11 is 2.85. The van der Waals surface area contributed by atoms with E-state index in [1.165, 1.54) is 23.1 Å². The van der Waals surface area contributed by atoms with Crippen LogP contribution in [-0.4, -0.2) is 32.7 Å². The highest BCUT2D eigenvalue weighted by Gasteiger charge is 2.22. The first kappa shape index (κ1) is 19.6. The summed E-state index contributed by atoms with van der Waals surface area (Å²) in [5.41, 5.74) is 2.02. The van der Waals surface area contributed by atoms with Crippen molar-refractivity contribution in [2.75, 3.05) is 7.05 Å². The van der Waals surface area contributed by atoms with E-state index < -0.39 is 0 Å². The summed E-state index contributed by atoms with van der Waals surface area (Å²) in [6.45, 7) is 6.36. The van der Waals surface area contributed by atoms with Crippen LogP contribution in [0.2, 0.25) is 0 Å². The molecule has 1 amide bonds. The van der Waals surface area contributed by atoms with Crippen LogP contribution in [0, 0.1) is 13.8 Å². The Hall–Kier alpha value is -2.12. The fourth-order valence-corrected chi connectivity index (χ4v) is 4.98. The van der Waals surface area contributed by atoms with Gasteiger partial charge >= 0.3 is 0 Å². The molecule has 3 rings (SSSR count). The monoisotopic (exact) mass is 401 g/mol. The lowest BCUT2D eigenvalue weighted by Crippen LogP contribution is -2.33. The van der Waals surface area contributed by atoms with Gasteiger partial charge in [-0.3, -0.25) is 14.2 Å². The van der Waals surface area contributed by atoms with E-state index in [1.54, 1.807) is 23.6 Å². The number of carbonyl (C=O) groups is 1. The van der Waals surface area contributed by atoms with Crippen molar-refractivity contribution in [3.63, 3.8) is 0 Å². The Morgan fingerprint density at radius 3 is 2.63 bits per heavy atom. The van der Waals surface area contributed by atoms with Crippen LogP contribution in [-0.2, 0) is 18.4 Å². The van der Waals surface area contributed by atoms with Crippen LogP contribution in [0.4, 0.5) is 0 Å². The molecule has 0 spiro atoms. The molecule has 0 N–H and O–H groups in total. The van der Waals surface area contributed by atoms with Crippen LogP contribution >= 0.6 is 23.1 Å². The van der Waals surface area contributed by atoms with Gasteiger partial charge in [-0.2, -0.15) is 0 Å². The molecular formula is C20H23N3O2S2. The Morgan fingerprint density at radius 2 is 1.96 bits per heavy atom. The molecule has 5 nitrogen and oxygen atoms in total. The van der Waals surface area contributed by atoms with Crippen LogP contribution in [0.15, 0.2) is 40.3 Å². The number of thiophene rings is 1. The molecular weight excluding hydrogens is 378 g/mol. The van der Waals surface area contributed by atoms with E-state index in [0.29, 0.717) is 17.1 Å². The van der Waals surface area contributed by atoms with Gasteiger partial charge in [0.1, 0.15) is 4.83 Å². The first-order valence-corrected chi connectivity index (χ1v) is 10.4. The molecule has 0 aliphatic rings. The Bertz CT molecular complexity index is 1040. The lowest BCUT2D eigenvalue weighted by Gasteiger charge is -2.21. The number of rotatable bonds is 5. The highest BCUT2D eigenvalue weighted by Crippen LogP contribution is 2.29. The molecule has 0 aliphatic carbocycles. The molecule has 0 aliphatic heterocycles. The molecule has 0 saturated heterocycles. The van der Waals surface area contributed by atoms with Crippen molar-refractivity contribution in [3.8, 4) is 0 Å². The summed E-state index contributed by atoms with van der Waals surface area (Å²) in [6, 6.07) is 9.89. The van der Waals surface area contributed by atoms with E-state index in [4.69, 9.17) is 0 Å². The smallest absolute Gasteiger partial charge is 0.262 e. The molecule has 1 atom stereocenters. The van der Waals surface area contributed by atoms with E-state index in [9.17, 15) is 9.59 Å². The van der Waals surface area contributed by atoms with E-state index in [1.807, 2.05) is 51.1 Å². The van der Waals surface area contributed by atoms with Crippen molar-refractivity contribution in [1.82, 2.24) is 14.5 Å². The lowest BCUT2D eigenvalue weighted by atomic mass is 10.2. The zero-order chi connectivity index (χ0) is 19.7. The van der Waals surface area contributed by atoms with E-state index in [0.717, 1.165) is 20.8 Å². The molecule has 0 radical (unpaired) electrons. The first-order valence-electron chi connectivity index (χ1n) is 8.72.